The van der Waals surface area contributed by atoms with E-state index < -0.39 is 12.1 Å². The monoisotopic (exact) mass is 606 g/mol. The highest BCUT2D eigenvalue weighted by atomic mass is 32.1. The average molecular weight is 607 g/mol. The number of alkyl halides is 3. The average Bonchev–Trinajstić information content (AvgIpc) is 3.44. The van der Waals surface area contributed by atoms with Crippen LogP contribution < -0.4 is 9.80 Å². The number of aliphatic carboxylic acids is 1. The second-order valence-corrected chi connectivity index (χ2v) is 10.4. The van der Waals surface area contributed by atoms with E-state index in [1.54, 1.807) is 54.5 Å². The number of carbonyl (C=O) groups is 3. The maximum absolute atomic E-state index is 13.0. The normalized spacial score (nSPS) is 13.5. The van der Waals surface area contributed by atoms with Gasteiger partial charge in [0.05, 0.1) is 5.39 Å². The Hall–Kier alpha value is -4.43. The van der Waals surface area contributed by atoms with Gasteiger partial charge >= 0.3 is 12.1 Å². The minimum Gasteiger partial charge on any atom is -0.475 e. The van der Waals surface area contributed by atoms with Crippen molar-refractivity contribution in [2.24, 2.45) is 11.0 Å². The van der Waals surface area contributed by atoms with Crippen LogP contribution in [0.15, 0.2) is 40.8 Å². The summed E-state index contributed by atoms with van der Waals surface area (Å²) in [5.74, 6) is -1.14. The van der Waals surface area contributed by atoms with Crippen molar-refractivity contribution in [2.45, 2.75) is 25.9 Å². The smallest absolute Gasteiger partial charge is 0.475 e. The maximum atomic E-state index is 13.0. The second kappa shape index (κ2) is 14.0. The predicted molar refractivity (Wildman–Crippen MR) is 152 cm³/mol. The minimum absolute atomic E-state index is 0.0257. The number of carboxylic acids is 1. The Morgan fingerprint density at radius 1 is 1.12 bits per heavy atom. The van der Waals surface area contributed by atoms with Crippen molar-refractivity contribution >= 4 is 56.7 Å². The third-order valence-corrected chi connectivity index (χ3v) is 7.47. The lowest BCUT2D eigenvalue weighted by Gasteiger charge is -2.33. The maximum Gasteiger partial charge on any atom is 0.490 e. The summed E-state index contributed by atoms with van der Waals surface area (Å²) < 4.78 is 31.7. The predicted octanol–water partition coefficient (Wildman–Crippen LogP) is 5.28. The van der Waals surface area contributed by atoms with Gasteiger partial charge in [0.2, 0.25) is 11.9 Å². The Bertz CT molecular complexity index is 1470. The number of carboxylic acid groups (broad SMARTS) is 1. The van der Waals surface area contributed by atoms with E-state index in [9.17, 15) is 22.8 Å². The van der Waals surface area contributed by atoms with E-state index in [2.05, 4.69) is 14.9 Å². The zero-order chi connectivity index (χ0) is 31.0. The van der Waals surface area contributed by atoms with Crippen molar-refractivity contribution in [1.82, 2.24) is 14.9 Å². The number of nitrogens with zero attached hydrogens (tertiary/aromatic N) is 8. The van der Waals surface area contributed by atoms with Gasteiger partial charge in [-0.05, 0) is 29.8 Å². The standard InChI is InChI=1S/C24H28N8O2S.C2HF3O2/c1-16(33)30(2)13-14-31(3)24-26-22(20-10-15-35-23(20)27-24)32-11-8-18(9-12-32)21(34)17-4-6-19(7-5-17)28-29-25;3-2(4,5)1(6)7/h4-7,10,15,18H,8-9,11-14H2,1-3H3;(H,6,7). The molecule has 0 aliphatic carbocycles. The number of likely N-dealkylation sites (N-methyl/N-ethyl adjacent to an activating group) is 2. The van der Waals surface area contributed by atoms with Crippen LogP contribution in [-0.2, 0) is 9.59 Å². The summed E-state index contributed by atoms with van der Waals surface area (Å²) in [6.07, 6.45) is -3.61. The van der Waals surface area contributed by atoms with E-state index in [1.807, 2.05) is 23.4 Å². The molecule has 1 aliphatic heterocycles. The summed E-state index contributed by atoms with van der Waals surface area (Å²) >= 11 is 1.58. The van der Waals surface area contributed by atoms with Gasteiger partial charge in [-0.1, -0.05) is 29.4 Å². The van der Waals surface area contributed by atoms with Crippen LogP contribution in [0.4, 0.5) is 30.6 Å². The molecular weight excluding hydrogens is 577 g/mol. The summed E-state index contributed by atoms with van der Waals surface area (Å²) in [6, 6.07) is 8.84. The molecular formula is C26H29F3N8O4S. The summed E-state index contributed by atoms with van der Waals surface area (Å²) in [4.78, 5) is 52.7. The van der Waals surface area contributed by atoms with Gasteiger partial charge in [-0.15, -0.1) is 11.3 Å². The van der Waals surface area contributed by atoms with E-state index >= 15 is 0 Å². The molecule has 0 radical (unpaired) electrons. The molecule has 1 fully saturated rings. The van der Waals surface area contributed by atoms with Gasteiger partial charge < -0.3 is 19.8 Å². The van der Waals surface area contributed by atoms with Crippen molar-refractivity contribution in [2.75, 3.05) is 50.1 Å². The molecule has 12 nitrogen and oxygen atoms in total. The zero-order valence-corrected chi connectivity index (χ0v) is 23.9. The Balaban J connectivity index is 0.000000616. The lowest BCUT2D eigenvalue weighted by Crippen LogP contribution is -2.37. The van der Waals surface area contributed by atoms with Crippen LogP contribution in [0.25, 0.3) is 20.7 Å². The largest absolute Gasteiger partial charge is 0.490 e. The topological polar surface area (TPSA) is 156 Å². The number of halogens is 3. The molecule has 42 heavy (non-hydrogen) atoms. The molecule has 0 bridgehead atoms. The van der Waals surface area contributed by atoms with E-state index in [0.717, 1.165) is 42.0 Å². The number of aromatic nitrogens is 2. The zero-order valence-electron chi connectivity index (χ0n) is 23.1. The first-order valence-electron chi connectivity index (χ1n) is 12.7. The number of ketones is 1. The molecule has 3 heterocycles. The first kappa shape index (κ1) is 32.1. The lowest BCUT2D eigenvalue weighted by molar-refractivity contribution is -0.192. The fraction of sp³-hybridized carbons (Fsp3) is 0.423. The Kier molecular flexibility index (Phi) is 10.7. The summed E-state index contributed by atoms with van der Waals surface area (Å²) in [6.45, 7) is 4.22. The van der Waals surface area contributed by atoms with Crippen LogP contribution in [0.2, 0.25) is 0 Å². The van der Waals surface area contributed by atoms with Gasteiger partial charge in [-0.2, -0.15) is 18.2 Å². The van der Waals surface area contributed by atoms with Crippen LogP contribution in [0.1, 0.15) is 30.1 Å². The van der Waals surface area contributed by atoms with Gasteiger partial charge in [0.25, 0.3) is 0 Å². The number of thiophene rings is 1. The molecule has 1 amide bonds. The number of piperidine rings is 1. The number of Topliss-reactive ketones (excluding diaryl/α,β-unsaturated/α-hetero) is 1. The Labute approximate surface area is 243 Å². The van der Waals surface area contributed by atoms with Crippen molar-refractivity contribution in [3.05, 3.63) is 51.7 Å². The van der Waals surface area contributed by atoms with Crippen LogP contribution >= 0.6 is 11.3 Å². The lowest BCUT2D eigenvalue weighted by atomic mass is 9.89. The van der Waals surface area contributed by atoms with E-state index in [-0.39, 0.29) is 17.6 Å². The quantitative estimate of drug-likeness (QED) is 0.157. The van der Waals surface area contributed by atoms with Gasteiger partial charge in [0.1, 0.15) is 10.6 Å². The molecule has 1 N–H and O–H groups in total. The molecule has 0 spiro atoms. The van der Waals surface area contributed by atoms with Gasteiger partial charge in [-0.25, -0.2) is 9.78 Å². The first-order chi connectivity index (χ1) is 19.8. The summed E-state index contributed by atoms with van der Waals surface area (Å²) in [5.41, 5.74) is 9.69. The van der Waals surface area contributed by atoms with Crippen LogP contribution in [0.3, 0.4) is 0 Å². The van der Waals surface area contributed by atoms with Crippen LogP contribution in [0, 0.1) is 5.92 Å². The fourth-order valence-corrected chi connectivity index (χ4v) is 4.88. The van der Waals surface area contributed by atoms with Gasteiger partial charge in [0.15, 0.2) is 5.78 Å². The van der Waals surface area contributed by atoms with E-state index in [0.29, 0.717) is 30.3 Å². The molecule has 1 saturated heterocycles. The molecule has 4 rings (SSSR count). The number of benzene rings is 1. The van der Waals surface area contributed by atoms with Crippen molar-refractivity contribution in [3.8, 4) is 0 Å². The van der Waals surface area contributed by atoms with Crippen LogP contribution in [0.5, 0.6) is 0 Å². The number of hydrogen-bond donors (Lipinski definition) is 1. The Morgan fingerprint density at radius 3 is 2.29 bits per heavy atom. The summed E-state index contributed by atoms with van der Waals surface area (Å²) in [5, 5.41) is 13.7. The third kappa shape index (κ3) is 8.30. The molecule has 0 unspecified atom stereocenters. The van der Waals surface area contributed by atoms with Crippen LogP contribution in [-0.4, -0.2) is 84.1 Å². The number of carbonyl (C=O) groups excluding carboxylic acids is 2. The molecule has 1 aromatic carbocycles. The number of anilines is 2. The molecule has 224 valence electrons. The first-order valence-corrected chi connectivity index (χ1v) is 13.6. The number of amides is 1. The number of rotatable bonds is 8. The molecule has 3 aromatic rings. The molecule has 0 atom stereocenters. The van der Waals surface area contributed by atoms with Crippen molar-refractivity contribution in [3.63, 3.8) is 0 Å². The molecule has 1 aliphatic rings. The fourth-order valence-electron chi connectivity index (χ4n) is 4.13. The van der Waals surface area contributed by atoms with Gasteiger partial charge in [-0.3, -0.25) is 9.59 Å². The van der Waals surface area contributed by atoms with Gasteiger partial charge in [0, 0.05) is 69.3 Å². The van der Waals surface area contributed by atoms with E-state index in [4.69, 9.17) is 25.4 Å². The number of hydrogen-bond acceptors (Lipinski definition) is 9. The Morgan fingerprint density at radius 2 is 1.74 bits per heavy atom. The number of azide groups is 1. The number of fused-ring (bicyclic) bond motifs is 1. The highest BCUT2D eigenvalue weighted by Crippen LogP contribution is 2.33. The van der Waals surface area contributed by atoms with Crippen molar-refractivity contribution in [1.29, 1.82) is 0 Å². The molecule has 2 aromatic heterocycles. The highest BCUT2D eigenvalue weighted by Gasteiger charge is 2.38. The SMILES string of the molecule is CC(=O)N(C)CCN(C)c1nc(N2CCC(C(=O)c3ccc(N=[N+]=[N-])cc3)CC2)c2ccsc2n1.O=C(O)C(F)(F)F. The molecule has 16 heteroatoms. The second-order valence-electron chi connectivity index (χ2n) is 9.51. The third-order valence-electron chi connectivity index (χ3n) is 6.66. The highest BCUT2D eigenvalue weighted by molar-refractivity contribution is 7.16. The van der Waals surface area contributed by atoms with Crippen molar-refractivity contribution < 1.29 is 32.7 Å². The summed E-state index contributed by atoms with van der Waals surface area (Å²) in [7, 11) is 3.72. The van der Waals surface area contributed by atoms with E-state index in [1.165, 1.54) is 0 Å². The minimum atomic E-state index is -5.08. The molecule has 0 saturated carbocycles.